The molecule has 98 valence electrons. The molecular weight excluding hydrogens is 252 g/mol. The first-order chi connectivity index (χ1) is 8.63. The quantitative estimate of drug-likeness (QED) is 0.851. The third-order valence-electron chi connectivity index (χ3n) is 3.33. The molecule has 1 aliphatic rings. The van der Waals surface area contributed by atoms with Crippen molar-refractivity contribution in [2.75, 3.05) is 32.1 Å². The number of hydrogen-bond donors (Lipinski definition) is 1. The van der Waals surface area contributed by atoms with Gasteiger partial charge in [0.15, 0.2) is 0 Å². The second-order valence-corrected chi connectivity index (χ2v) is 4.82. The van der Waals surface area contributed by atoms with Gasteiger partial charge in [0, 0.05) is 19.6 Å². The highest BCUT2D eigenvalue weighted by Crippen LogP contribution is 2.29. The van der Waals surface area contributed by atoms with Crippen molar-refractivity contribution in [3.8, 4) is 0 Å². The summed E-state index contributed by atoms with van der Waals surface area (Å²) in [6.45, 7) is 1.96. The van der Waals surface area contributed by atoms with Crippen LogP contribution in [-0.4, -0.2) is 39.3 Å². The monoisotopic (exact) mass is 268 g/mol. The smallest absolute Gasteiger partial charge is 0.337 e. The minimum absolute atomic E-state index is 0.342. The lowest BCUT2D eigenvalue weighted by Crippen LogP contribution is -2.33. The Morgan fingerprint density at radius 1 is 1.56 bits per heavy atom. The van der Waals surface area contributed by atoms with Gasteiger partial charge in [0.1, 0.15) is 0 Å². The molecule has 0 radical (unpaired) electrons. The number of nitrogens with one attached hydrogen (secondary N) is 1. The Labute approximate surface area is 112 Å². The Hall–Kier alpha value is -1.26. The lowest BCUT2D eigenvalue weighted by Gasteiger charge is -2.27. The number of benzene rings is 1. The maximum Gasteiger partial charge on any atom is 0.337 e. The molecule has 1 fully saturated rings. The van der Waals surface area contributed by atoms with Crippen LogP contribution in [0.25, 0.3) is 0 Å². The summed E-state index contributed by atoms with van der Waals surface area (Å²) in [7, 11) is 3.38. The zero-order valence-electron chi connectivity index (χ0n) is 10.6. The van der Waals surface area contributed by atoms with Crippen molar-refractivity contribution in [1.29, 1.82) is 0 Å². The first kappa shape index (κ1) is 13.2. The van der Waals surface area contributed by atoms with Gasteiger partial charge in [-0.15, -0.1) is 0 Å². The summed E-state index contributed by atoms with van der Waals surface area (Å²) in [6.07, 6.45) is 1.08. The van der Waals surface area contributed by atoms with Gasteiger partial charge in [-0.2, -0.15) is 0 Å². The Morgan fingerprint density at radius 3 is 2.94 bits per heavy atom. The predicted octanol–water partition coefficient (Wildman–Crippen LogP) is 1.92. The normalized spacial score (nSPS) is 18.7. The number of nitrogens with zero attached hydrogens (tertiary/aromatic N) is 1. The molecule has 1 N–H and O–H groups in total. The molecule has 0 saturated carbocycles. The summed E-state index contributed by atoms with van der Waals surface area (Å²) < 4.78 is 4.72. The number of hydrogen-bond acceptors (Lipinski definition) is 4. The highest BCUT2D eigenvalue weighted by Gasteiger charge is 2.22. The molecule has 0 amide bonds. The third kappa shape index (κ3) is 2.60. The summed E-state index contributed by atoms with van der Waals surface area (Å²) in [6, 6.07) is 5.61. The number of anilines is 1. The SMILES string of the molecule is COC(=O)c1ccc(Cl)c(N(C)C2CCNC2)c1. The summed E-state index contributed by atoms with van der Waals surface area (Å²) >= 11 is 6.20. The van der Waals surface area contributed by atoms with Gasteiger partial charge in [-0.3, -0.25) is 0 Å². The van der Waals surface area contributed by atoms with E-state index in [0.717, 1.165) is 25.2 Å². The number of likely N-dealkylation sites (N-methyl/N-ethyl adjacent to an activating group) is 1. The Balaban J connectivity index is 2.27. The van der Waals surface area contributed by atoms with Crippen LogP contribution in [0.3, 0.4) is 0 Å². The molecule has 0 spiro atoms. The van der Waals surface area contributed by atoms with E-state index in [2.05, 4.69) is 10.2 Å². The van der Waals surface area contributed by atoms with Crippen LogP contribution >= 0.6 is 11.6 Å². The molecule has 1 aliphatic heterocycles. The number of carbonyl (C=O) groups is 1. The van der Waals surface area contributed by atoms with E-state index < -0.39 is 0 Å². The molecule has 1 aromatic rings. The minimum Gasteiger partial charge on any atom is -0.465 e. The van der Waals surface area contributed by atoms with Crippen molar-refractivity contribution in [3.63, 3.8) is 0 Å². The fraction of sp³-hybridized carbons (Fsp3) is 0.462. The van der Waals surface area contributed by atoms with Crippen molar-refractivity contribution in [1.82, 2.24) is 5.32 Å². The van der Waals surface area contributed by atoms with E-state index in [-0.39, 0.29) is 5.97 Å². The molecule has 0 aliphatic carbocycles. The molecule has 1 saturated heterocycles. The molecule has 1 heterocycles. The van der Waals surface area contributed by atoms with Crippen molar-refractivity contribution in [3.05, 3.63) is 28.8 Å². The number of methoxy groups -OCH3 is 1. The molecule has 1 aromatic carbocycles. The average molecular weight is 269 g/mol. The highest BCUT2D eigenvalue weighted by molar-refractivity contribution is 6.33. The van der Waals surface area contributed by atoms with Gasteiger partial charge in [-0.1, -0.05) is 11.6 Å². The van der Waals surface area contributed by atoms with Gasteiger partial charge >= 0.3 is 5.97 Å². The molecule has 1 unspecified atom stereocenters. The van der Waals surface area contributed by atoms with Crippen molar-refractivity contribution >= 4 is 23.3 Å². The van der Waals surface area contributed by atoms with Gasteiger partial charge in [0.2, 0.25) is 0 Å². The zero-order valence-corrected chi connectivity index (χ0v) is 11.3. The first-order valence-corrected chi connectivity index (χ1v) is 6.32. The molecular formula is C13H17ClN2O2. The van der Waals surface area contributed by atoms with E-state index in [0.29, 0.717) is 16.6 Å². The van der Waals surface area contributed by atoms with Crippen molar-refractivity contribution in [2.45, 2.75) is 12.5 Å². The predicted molar refractivity (Wildman–Crippen MR) is 72.5 cm³/mol. The van der Waals surface area contributed by atoms with Gasteiger partial charge < -0.3 is 15.0 Å². The average Bonchev–Trinajstić information content (AvgIpc) is 2.91. The highest BCUT2D eigenvalue weighted by atomic mass is 35.5. The number of ether oxygens (including phenoxy) is 1. The van der Waals surface area contributed by atoms with Crippen molar-refractivity contribution < 1.29 is 9.53 Å². The van der Waals surface area contributed by atoms with Crippen LogP contribution < -0.4 is 10.2 Å². The van der Waals surface area contributed by atoms with Crippen LogP contribution in [0.15, 0.2) is 18.2 Å². The van der Waals surface area contributed by atoms with E-state index in [1.165, 1.54) is 7.11 Å². The Kier molecular flexibility index (Phi) is 4.09. The van der Waals surface area contributed by atoms with Crippen LogP contribution in [0.5, 0.6) is 0 Å². The number of rotatable bonds is 3. The van der Waals surface area contributed by atoms with Crippen LogP contribution in [0.2, 0.25) is 5.02 Å². The summed E-state index contributed by atoms with van der Waals surface area (Å²) in [4.78, 5) is 13.6. The van der Waals surface area contributed by atoms with E-state index in [9.17, 15) is 4.79 Å². The maximum absolute atomic E-state index is 11.5. The molecule has 0 bridgehead atoms. The topological polar surface area (TPSA) is 41.6 Å². The molecule has 1 atom stereocenters. The van der Waals surface area contributed by atoms with Crippen molar-refractivity contribution in [2.24, 2.45) is 0 Å². The number of halogens is 1. The molecule has 0 aromatic heterocycles. The van der Waals surface area contributed by atoms with E-state index >= 15 is 0 Å². The van der Waals surface area contributed by atoms with Gasteiger partial charge in [0.25, 0.3) is 0 Å². The minimum atomic E-state index is -0.342. The standard InChI is InChI=1S/C13H17ClN2O2/c1-16(10-5-6-15-8-10)12-7-9(13(17)18-2)3-4-11(12)14/h3-4,7,10,15H,5-6,8H2,1-2H3. The zero-order chi connectivity index (χ0) is 13.1. The van der Waals surface area contributed by atoms with E-state index in [1.807, 2.05) is 7.05 Å². The fourth-order valence-corrected chi connectivity index (χ4v) is 2.45. The second-order valence-electron chi connectivity index (χ2n) is 4.42. The Bertz CT molecular complexity index is 445. The van der Waals surface area contributed by atoms with E-state index in [1.54, 1.807) is 18.2 Å². The molecule has 18 heavy (non-hydrogen) atoms. The number of carbonyl (C=O) groups excluding carboxylic acids is 1. The fourth-order valence-electron chi connectivity index (χ4n) is 2.19. The van der Waals surface area contributed by atoms with Crippen LogP contribution in [0.1, 0.15) is 16.8 Å². The van der Waals surface area contributed by atoms with Gasteiger partial charge in [-0.25, -0.2) is 4.79 Å². The lowest BCUT2D eigenvalue weighted by molar-refractivity contribution is 0.0601. The summed E-state index contributed by atoms with van der Waals surface area (Å²) in [5.41, 5.74) is 1.39. The molecule has 5 heteroatoms. The van der Waals surface area contributed by atoms with Crippen LogP contribution in [-0.2, 0) is 4.74 Å². The molecule has 4 nitrogen and oxygen atoms in total. The Morgan fingerprint density at radius 2 is 2.33 bits per heavy atom. The summed E-state index contributed by atoms with van der Waals surface area (Å²) in [5.74, 6) is -0.342. The maximum atomic E-state index is 11.5. The molecule has 2 rings (SSSR count). The summed E-state index contributed by atoms with van der Waals surface area (Å²) in [5, 5.41) is 3.96. The lowest BCUT2D eigenvalue weighted by atomic mass is 10.1. The first-order valence-electron chi connectivity index (χ1n) is 5.95. The largest absolute Gasteiger partial charge is 0.465 e. The van der Waals surface area contributed by atoms with Gasteiger partial charge in [0.05, 0.1) is 23.4 Å². The van der Waals surface area contributed by atoms with Crippen LogP contribution in [0, 0.1) is 0 Å². The third-order valence-corrected chi connectivity index (χ3v) is 3.65. The van der Waals surface area contributed by atoms with E-state index in [4.69, 9.17) is 16.3 Å². The van der Waals surface area contributed by atoms with Gasteiger partial charge in [-0.05, 0) is 31.2 Å². The number of esters is 1. The second kappa shape index (κ2) is 5.59. The van der Waals surface area contributed by atoms with Crippen LogP contribution in [0.4, 0.5) is 5.69 Å².